The van der Waals surface area contributed by atoms with Gasteiger partial charge in [-0.05, 0) is 48.3 Å². The van der Waals surface area contributed by atoms with Gasteiger partial charge in [-0.2, -0.15) is 0 Å². The first-order chi connectivity index (χ1) is 11.7. The Labute approximate surface area is 150 Å². The van der Waals surface area contributed by atoms with Crippen molar-refractivity contribution in [2.45, 2.75) is 29.4 Å². The first kappa shape index (κ1) is 17.1. The van der Waals surface area contributed by atoms with Crippen LogP contribution in [-0.4, -0.2) is 22.1 Å². The molecule has 0 aromatic heterocycles. The summed E-state index contributed by atoms with van der Waals surface area (Å²) in [6, 6.07) is 18.8. The lowest BCUT2D eigenvalue weighted by Gasteiger charge is -2.07. The van der Waals surface area contributed by atoms with Crippen LogP contribution in [0, 0.1) is 0 Å². The van der Waals surface area contributed by atoms with Crippen LogP contribution in [0.3, 0.4) is 0 Å². The summed E-state index contributed by atoms with van der Waals surface area (Å²) in [6.07, 6.45) is 2.85. The Hall–Kier alpha value is -1.72. The number of amides is 2. The van der Waals surface area contributed by atoms with Gasteiger partial charge in [0.2, 0.25) is 5.91 Å². The number of nitrogens with one attached hydrogen (secondary N) is 1. The molecule has 5 heteroatoms. The fourth-order valence-corrected chi connectivity index (χ4v) is 4.29. The van der Waals surface area contributed by atoms with Gasteiger partial charge in [0.25, 0.3) is 5.24 Å². The monoisotopic (exact) mass is 357 g/mol. The van der Waals surface area contributed by atoms with Crippen LogP contribution >= 0.6 is 23.5 Å². The predicted octanol–water partition coefficient (Wildman–Crippen LogP) is 4.31. The molecular formula is C19H19NO2S2. The maximum absolute atomic E-state index is 11.6. The molecule has 2 aromatic carbocycles. The van der Waals surface area contributed by atoms with E-state index in [4.69, 9.17) is 0 Å². The molecule has 124 valence electrons. The van der Waals surface area contributed by atoms with Gasteiger partial charge >= 0.3 is 0 Å². The second-order valence-electron chi connectivity index (χ2n) is 5.67. The SMILES string of the molecule is O=C1NC(=O)C(Cc2ccc(SCCCc3ccccc3)cc2)S1. The van der Waals surface area contributed by atoms with Crippen molar-refractivity contribution in [3.8, 4) is 0 Å². The van der Waals surface area contributed by atoms with Gasteiger partial charge in [0.1, 0.15) is 0 Å². The van der Waals surface area contributed by atoms with Crippen LogP contribution in [0.1, 0.15) is 17.5 Å². The Kier molecular flexibility index (Phi) is 5.99. The number of thioether (sulfide) groups is 2. The van der Waals surface area contributed by atoms with E-state index in [1.54, 1.807) is 0 Å². The van der Waals surface area contributed by atoms with Crippen molar-refractivity contribution in [2.24, 2.45) is 0 Å². The minimum absolute atomic E-state index is 0.177. The summed E-state index contributed by atoms with van der Waals surface area (Å²) in [7, 11) is 0. The van der Waals surface area contributed by atoms with E-state index in [9.17, 15) is 9.59 Å². The molecule has 1 aliphatic rings. The molecule has 3 rings (SSSR count). The van der Waals surface area contributed by atoms with Gasteiger partial charge in [-0.25, -0.2) is 0 Å². The van der Waals surface area contributed by atoms with Crippen molar-refractivity contribution in [2.75, 3.05) is 5.75 Å². The average Bonchev–Trinajstić information content (AvgIpc) is 2.91. The zero-order valence-corrected chi connectivity index (χ0v) is 14.9. The first-order valence-electron chi connectivity index (χ1n) is 7.98. The summed E-state index contributed by atoms with van der Waals surface area (Å²) < 4.78 is 0. The molecule has 2 aromatic rings. The predicted molar refractivity (Wildman–Crippen MR) is 101 cm³/mol. The normalized spacial score (nSPS) is 17.1. The Bertz CT molecular complexity index is 701. The lowest BCUT2D eigenvalue weighted by atomic mass is 10.1. The van der Waals surface area contributed by atoms with Crippen molar-refractivity contribution in [3.63, 3.8) is 0 Å². The van der Waals surface area contributed by atoms with Gasteiger partial charge in [0.15, 0.2) is 0 Å². The lowest BCUT2D eigenvalue weighted by Crippen LogP contribution is -2.25. The van der Waals surface area contributed by atoms with Gasteiger partial charge in [-0.1, -0.05) is 54.2 Å². The number of hydrogen-bond donors (Lipinski definition) is 1. The first-order valence-corrected chi connectivity index (χ1v) is 9.84. The van der Waals surface area contributed by atoms with Crippen molar-refractivity contribution < 1.29 is 9.59 Å². The molecule has 1 atom stereocenters. The number of rotatable bonds is 7. The summed E-state index contributed by atoms with van der Waals surface area (Å²) >= 11 is 2.94. The fraction of sp³-hybridized carbons (Fsp3) is 0.263. The molecule has 0 spiro atoms. The van der Waals surface area contributed by atoms with Crippen molar-refractivity contribution >= 4 is 34.7 Å². The van der Waals surface area contributed by atoms with Gasteiger partial charge in [0.05, 0.1) is 5.25 Å². The van der Waals surface area contributed by atoms with Crippen molar-refractivity contribution in [1.29, 1.82) is 0 Å². The molecule has 1 aliphatic heterocycles. The van der Waals surface area contributed by atoms with Gasteiger partial charge in [-0.15, -0.1) is 11.8 Å². The third-order valence-electron chi connectivity index (χ3n) is 3.83. The maximum Gasteiger partial charge on any atom is 0.286 e. The third kappa shape index (κ3) is 4.89. The highest BCUT2D eigenvalue weighted by atomic mass is 32.2. The van der Waals surface area contributed by atoms with E-state index in [2.05, 4.69) is 53.8 Å². The standard InChI is InChI=1S/C19H19NO2S2/c21-18-17(24-19(22)20-18)13-15-8-10-16(11-9-15)23-12-4-7-14-5-2-1-3-6-14/h1-3,5-6,8-11,17H,4,7,12-13H2,(H,20,21,22). The minimum Gasteiger partial charge on any atom is -0.286 e. The van der Waals surface area contributed by atoms with Crippen LogP contribution in [0.15, 0.2) is 59.5 Å². The van der Waals surface area contributed by atoms with E-state index in [0.29, 0.717) is 6.42 Å². The molecule has 1 N–H and O–H groups in total. The third-order valence-corrected chi connectivity index (χ3v) is 5.91. The Morgan fingerprint density at radius 1 is 0.958 bits per heavy atom. The number of imide groups is 1. The number of aryl methyl sites for hydroxylation is 1. The van der Waals surface area contributed by atoms with E-state index < -0.39 is 0 Å². The fourth-order valence-electron chi connectivity index (χ4n) is 2.57. The summed E-state index contributed by atoms with van der Waals surface area (Å²) in [4.78, 5) is 24.0. The highest BCUT2D eigenvalue weighted by Gasteiger charge is 2.31. The van der Waals surface area contributed by atoms with Crippen molar-refractivity contribution in [3.05, 3.63) is 65.7 Å². The van der Waals surface area contributed by atoms with Crippen LogP contribution in [0.2, 0.25) is 0 Å². The second kappa shape index (κ2) is 8.40. The Morgan fingerprint density at radius 3 is 2.38 bits per heavy atom. The molecule has 1 unspecified atom stereocenters. The molecule has 3 nitrogen and oxygen atoms in total. The molecule has 1 heterocycles. The highest BCUT2D eigenvalue weighted by Crippen LogP contribution is 2.25. The van der Waals surface area contributed by atoms with E-state index in [1.807, 2.05) is 17.8 Å². The lowest BCUT2D eigenvalue weighted by molar-refractivity contribution is -0.118. The van der Waals surface area contributed by atoms with Crippen LogP contribution < -0.4 is 5.32 Å². The van der Waals surface area contributed by atoms with Gasteiger partial charge in [0, 0.05) is 4.90 Å². The molecule has 0 bridgehead atoms. The van der Waals surface area contributed by atoms with Crippen LogP contribution in [0.25, 0.3) is 0 Å². The van der Waals surface area contributed by atoms with Gasteiger partial charge in [-0.3, -0.25) is 14.9 Å². The quantitative estimate of drug-likeness (QED) is 0.593. The average molecular weight is 358 g/mol. The van der Waals surface area contributed by atoms with E-state index in [0.717, 1.165) is 35.9 Å². The maximum atomic E-state index is 11.6. The zero-order chi connectivity index (χ0) is 16.8. The highest BCUT2D eigenvalue weighted by molar-refractivity contribution is 8.15. The van der Waals surface area contributed by atoms with Gasteiger partial charge < -0.3 is 0 Å². The number of carbonyl (C=O) groups is 2. The molecular weight excluding hydrogens is 338 g/mol. The largest absolute Gasteiger partial charge is 0.286 e. The molecule has 1 fully saturated rings. The molecule has 0 radical (unpaired) electrons. The summed E-state index contributed by atoms with van der Waals surface area (Å²) in [5.41, 5.74) is 2.47. The Balaban J connectivity index is 1.43. The zero-order valence-electron chi connectivity index (χ0n) is 13.2. The summed E-state index contributed by atoms with van der Waals surface area (Å²) in [5.74, 6) is 0.910. The summed E-state index contributed by atoms with van der Waals surface area (Å²) in [5, 5.41) is 1.80. The molecule has 0 aliphatic carbocycles. The molecule has 2 amide bonds. The van der Waals surface area contributed by atoms with Crippen LogP contribution in [0.4, 0.5) is 4.79 Å². The summed E-state index contributed by atoms with van der Waals surface area (Å²) in [6.45, 7) is 0. The van der Waals surface area contributed by atoms with E-state index >= 15 is 0 Å². The number of benzene rings is 2. The van der Waals surface area contributed by atoms with Crippen LogP contribution in [0.5, 0.6) is 0 Å². The van der Waals surface area contributed by atoms with Crippen LogP contribution in [-0.2, 0) is 17.6 Å². The van der Waals surface area contributed by atoms with E-state index in [1.165, 1.54) is 10.5 Å². The van der Waals surface area contributed by atoms with Crippen molar-refractivity contribution in [1.82, 2.24) is 5.32 Å². The Morgan fingerprint density at radius 2 is 1.71 bits per heavy atom. The minimum atomic E-state index is -0.290. The number of hydrogen-bond acceptors (Lipinski definition) is 4. The topological polar surface area (TPSA) is 46.2 Å². The number of carbonyl (C=O) groups excluding carboxylic acids is 2. The second-order valence-corrected chi connectivity index (χ2v) is 8.01. The molecule has 1 saturated heterocycles. The molecule has 24 heavy (non-hydrogen) atoms. The smallest absolute Gasteiger partial charge is 0.286 e. The van der Waals surface area contributed by atoms with E-state index in [-0.39, 0.29) is 16.4 Å². The molecule has 0 saturated carbocycles.